The first-order chi connectivity index (χ1) is 11.3. The van der Waals surface area contributed by atoms with Crippen molar-refractivity contribution in [2.24, 2.45) is 5.92 Å². The van der Waals surface area contributed by atoms with Gasteiger partial charge in [0.25, 0.3) is 0 Å². The standard InChI is InChI=1S/C20H18O3/c21-19-12-11-17(16-9-5-2-6-10-16)20(22)18(19)14-23-13-15-7-3-1-4-8-15/h1-12,17-18H,13-14H2. The number of allylic oxidation sites excluding steroid dienone is 2. The Kier molecular flexibility index (Phi) is 4.79. The minimum Gasteiger partial charge on any atom is -0.376 e. The van der Waals surface area contributed by atoms with Crippen molar-refractivity contribution >= 4 is 11.6 Å². The SMILES string of the molecule is O=C1C=CC(c2ccccc2)C(=O)C1COCc1ccccc1. The molecule has 0 aliphatic heterocycles. The van der Waals surface area contributed by atoms with Crippen molar-refractivity contribution in [3.8, 4) is 0 Å². The molecule has 2 aromatic rings. The number of hydrogen-bond donors (Lipinski definition) is 0. The van der Waals surface area contributed by atoms with Crippen LogP contribution in [0.15, 0.2) is 72.8 Å². The first-order valence-electron chi connectivity index (χ1n) is 7.68. The predicted octanol–water partition coefficient (Wildman–Crippen LogP) is 3.31. The summed E-state index contributed by atoms with van der Waals surface area (Å²) in [4.78, 5) is 24.7. The van der Waals surface area contributed by atoms with Gasteiger partial charge < -0.3 is 4.74 Å². The number of rotatable bonds is 5. The third-order valence-electron chi connectivity index (χ3n) is 4.00. The van der Waals surface area contributed by atoms with E-state index in [-0.39, 0.29) is 24.1 Å². The van der Waals surface area contributed by atoms with Gasteiger partial charge >= 0.3 is 0 Å². The van der Waals surface area contributed by atoms with Gasteiger partial charge in [0.1, 0.15) is 5.92 Å². The van der Waals surface area contributed by atoms with Crippen molar-refractivity contribution in [3.05, 3.63) is 83.9 Å². The Morgan fingerprint density at radius 1 is 0.870 bits per heavy atom. The first kappa shape index (κ1) is 15.4. The highest BCUT2D eigenvalue weighted by atomic mass is 16.5. The lowest BCUT2D eigenvalue weighted by Crippen LogP contribution is -2.34. The maximum atomic E-state index is 12.6. The molecule has 0 spiro atoms. The lowest BCUT2D eigenvalue weighted by atomic mass is 9.81. The van der Waals surface area contributed by atoms with Crippen LogP contribution in [0, 0.1) is 5.92 Å². The quantitative estimate of drug-likeness (QED) is 0.796. The van der Waals surface area contributed by atoms with Gasteiger partial charge in [-0.25, -0.2) is 0 Å². The minimum atomic E-state index is -0.714. The van der Waals surface area contributed by atoms with Crippen LogP contribution >= 0.6 is 0 Å². The van der Waals surface area contributed by atoms with E-state index in [1.54, 1.807) is 6.08 Å². The van der Waals surface area contributed by atoms with Crippen molar-refractivity contribution in [2.75, 3.05) is 6.61 Å². The molecule has 0 radical (unpaired) electrons. The van der Waals surface area contributed by atoms with E-state index in [4.69, 9.17) is 4.74 Å². The fourth-order valence-electron chi connectivity index (χ4n) is 2.73. The average molecular weight is 306 g/mol. The van der Waals surface area contributed by atoms with Crippen LogP contribution in [0.5, 0.6) is 0 Å². The first-order valence-corrected chi connectivity index (χ1v) is 7.68. The Labute approximate surface area is 135 Å². The molecule has 1 aliphatic carbocycles. The number of hydrogen-bond acceptors (Lipinski definition) is 3. The summed E-state index contributed by atoms with van der Waals surface area (Å²) in [7, 11) is 0. The zero-order valence-corrected chi connectivity index (χ0v) is 12.7. The summed E-state index contributed by atoms with van der Waals surface area (Å²) in [6.07, 6.45) is 3.20. The van der Waals surface area contributed by atoms with Gasteiger partial charge in [-0.3, -0.25) is 9.59 Å². The molecule has 3 nitrogen and oxygen atoms in total. The molecular formula is C20H18O3. The van der Waals surface area contributed by atoms with Gasteiger partial charge in [0.2, 0.25) is 0 Å². The van der Waals surface area contributed by atoms with E-state index in [1.807, 2.05) is 60.7 Å². The molecule has 0 amide bonds. The molecular weight excluding hydrogens is 288 g/mol. The second-order valence-corrected chi connectivity index (χ2v) is 5.61. The number of carbonyl (C=O) groups is 2. The summed E-state index contributed by atoms with van der Waals surface area (Å²) < 4.78 is 5.61. The maximum absolute atomic E-state index is 12.6. The maximum Gasteiger partial charge on any atom is 0.168 e. The smallest absolute Gasteiger partial charge is 0.168 e. The zero-order chi connectivity index (χ0) is 16.1. The summed E-state index contributed by atoms with van der Waals surface area (Å²) in [5, 5.41) is 0. The molecule has 0 heterocycles. The third kappa shape index (κ3) is 3.63. The Hall–Kier alpha value is -2.52. The van der Waals surface area contributed by atoms with Crippen LogP contribution in [0.25, 0.3) is 0 Å². The van der Waals surface area contributed by atoms with E-state index in [0.29, 0.717) is 6.61 Å². The normalized spacial score (nSPS) is 20.7. The van der Waals surface area contributed by atoms with E-state index in [2.05, 4.69) is 0 Å². The van der Waals surface area contributed by atoms with Gasteiger partial charge in [0.15, 0.2) is 11.6 Å². The summed E-state index contributed by atoms with van der Waals surface area (Å²) in [6, 6.07) is 19.2. The molecule has 116 valence electrons. The molecule has 2 aromatic carbocycles. The van der Waals surface area contributed by atoms with Crippen molar-refractivity contribution in [1.29, 1.82) is 0 Å². The second-order valence-electron chi connectivity index (χ2n) is 5.61. The van der Waals surface area contributed by atoms with Crippen molar-refractivity contribution < 1.29 is 14.3 Å². The zero-order valence-electron chi connectivity index (χ0n) is 12.7. The molecule has 2 unspecified atom stereocenters. The van der Waals surface area contributed by atoms with E-state index in [1.165, 1.54) is 6.08 Å². The van der Waals surface area contributed by atoms with Crippen LogP contribution < -0.4 is 0 Å². The average Bonchev–Trinajstić information content (AvgIpc) is 2.59. The van der Waals surface area contributed by atoms with E-state index in [9.17, 15) is 9.59 Å². The molecule has 3 rings (SSSR count). The molecule has 0 saturated carbocycles. The Morgan fingerprint density at radius 3 is 2.22 bits per heavy atom. The molecule has 0 aromatic heterocycles. The highest BCUT2D eigenvalue weighted by Crippen LogP contribution is 2.27. The molecule has 0 fully saturated rings. The van der Waals surface area contributed by atoms with Gasteiger partial charge in [-0.05, 0) is 17.2 Å². The summed E-state index contributed by atoms with van der Waals surface area (Å²) in [5.41, 5.74) is 1.94. The Morgan fingerprint density at radius 2 is 1.52 bits per heavy atom. The summed E-state index contributed by atoms with van der Waals surface area (Å²) >= 11 is 0. The summed E-state index contributed by atoms with van der Waals surface area (Å²) in [6.45, 7) is 0.526. The van der Waals surface area contributed by atoms with Crippen molar-refractivity contribution in [3.63, 3.8) is 0 Å². The van der Waals surface area contributed by atoms with Crippen LogP contribution in [0.2, 0.25) is 0 Å². The van der Waals surface area contributed by atoms with Crippen LogP contribution in [0.1, 0.15) is 17.0 Å². The predicted molar refractivity (Wildman–Crippen MR) is 87.9 cm³/mol. The highest BCUT2D eigenvalue weighted by molar-refractivity contribution is 6.13. The molecule has 23 heavy (non-hydrogen) atoms. The number of ketones is 2. The fourth-order valence-corrected chi connectivity index (χ4v) is 2.73. The van der Waals surface area contributed by atoms with E-state index >= 15 is 0 Å². The molecule has 3 heteroatoms. The van der Waals surface area contributed by atoms with Crippen LogP contribution in [0.3, 0.4) is 0 Å². The van der Waals surface area contributed by atoms with Gasteiger partial charge in [-0.1, -0.05) is 66.7 Å². The van der Waals surface area contributed by atoms with Crippen LogP contribution in [-0.4, -0.2) is 18.2 Å². The molecule has 0 saturated heterocycles. The van der Waals surface area contributed by atoms with Crippen molar-refractivity contribution in [2.45, 2.75) is 12.5 Å². The van der Waals surface area contributed by atoms with E-state index in [0.717, 1.165) is 11.1 Å². The second kappa shape index (κ2) is 7.16. The lowest BCUT2D eigenvalue weighted by molar-refractivity contribution is -0.134. The molecule has 0 N–H and O–H groups in total. The monoisotopic (exact) mass is 306 g/mol. The topological polar surface area (TPSA) is 43.4 Å². The lowest BCUT2D eigenvalue weighted by Gasteiger charge is -2.22. The Bertz CT molecular complexity index is 704. The minimum absolute atomic E-state index is 0.0863. The summed E-state index contributed by atoms with van der Waals surface area (Å²) in [5.74, 6) is -1.33. The van der Waals surface area contributed by atoms with Gasteiger partial charge in [0, 0.05) is 0 Å². The van der Waals surface area contributed by atoms with E-state index < -0.39 is 5.92 Å². The number of benzene rings is 2. The van der Waals surface area contributed by atoms with Crippen LogP contribution in [-0.2, 0) is 20.9 Å². The van der Waals surface area contributed by atoms with Gasteiger partial charge in [0.05, 0.1) is 19.1 Å². The van der Waals surface area contributed by atoms with Gasteiger partial charge in [-0.2, -0.15) is 0 Å². The molecule has 0 bridgehead atoms. The number of carbonyl (C=O) groups excluding carboxylic acids is 2. The Balaban J connectivity index is 1.66. The fraction of sp³-hybridized carbons (Fsp3) is 0.200. The number of ether oxygens (including phenoxy) is 1. The molecule has 1 aliphatic rings. The third-order valence-corrected chi connectivity index (χ3v) is 4.00. The van der Waals surface area contributed by atoms with Crippen molar-refractivity contribution in [1.82, 2.24) is 0 Å². The largest absolute Gasteiger partial charge is 0.376 e. The van der Waals surface area contributed by atoms with Crippen LogP contribution in [0.4, 0.5) is 0 Å². The molecule has 2 atom stereocenters. The number of Topliss-reactive ketones (excluding diaryl/α,β-unsaturated/α-hetero) is 1. The van der Waals surface area contributed by atoms with Gasteiger partial charge in [-0.15, -0.1) is 0 Å². The highest BCUT2D eigenvalue weighted by Gasteiger charge is 2.34.